The van der Waals surface area contributed by atoms with Crippen molar-refractivity contribution in [3.63, 3.8) is 0 Å². The van der Waals surface area contributed by atoms with Crippen molar-refractivity contribution >= 4 is 27.8 Å². The van der Waals surface area contributed by atoms with Crippen molar-refractivity contribution in [2.24, 2.45) is 0 Å². The summed E-state index contributed by atoms with van der Waals surface area (Å²) in [4.78, 5) is 14.1. The minimum absolute atomic E-state index is 0.217. The van der Waals surface area contributed by atoms with Crippen LogP contribution in [0, 0.1) is 0 Å². The predicted octanol–water partition coefficient (Wildman–Crippen LogP) is 2.75. The molecule has 0 amide bonds. The highest BCUT2D eigenvalue weighted by Gasteiger charge is 2.19. The van der Waals surface area contributed by atoms with Gasteiger partial charge in [-0.3, -0.25) is 4.79 Å². The average molecular weight is 340 g/mol. The van der Waals surface area contributed by atoms with E-state index in [1.807, 2.05) is 25.3 Å². The second-order valence-corrected chi connectivity index (χ2v) is 5.67. The third-order valence-electron chi connectivity index (χ3n) is 3.32. The van der Waals surface area contributed by atoms with Crippen LogP contribution in [-0.2, 0) is 4.79 Å². The number of halogens is 1. The van der Waals surface area contributed by atoms with E-state index in [4.69, 9.17) is 9.47 Å². The first kappa shape index (κ1) is 15.1. The summed E-state index contributed by atoms with van der Waals surface area (Å²) in [6.45, 7) is 1.51. The van der Waals surface area contributed by atoms with Gasteiger partial charge >= 0.3 is 0 Å². The maximum Gasteiger partial charge on any atom is 0.174 e. The number of benzene rings is 1. The second-order valence-electron chi connectivity index (χ2n) is 4.82. The lowest BCUT2D eigenvalue weighted by Crippen LogP contribution is -2.32. The first-order valence-electron chi connectivity index (χ1n) is 6.39. The van der Waals surface area contributed by atoms with Crippen LogP contribution in [0.5, 0.6) is 11.5 Å². The van der Waals surface area contributed by atoms with Gasteiger partial charge in [0.2, 0.25) is 0 Å². The highest BCUT2D eigenvalue weighted by atomic mass is 79.9. The van der Waals surface area contributed by atoms with E-state index in [-0.39, 0.29) is 5.78 Å². The molecular weight excluding hydrogens is 322 g/mol. The first-order chi connectivity index (χ1) is 9.55. The summed E-state index contributed by atoms with van der Waals surface area (Å²) in [7, 11) is 5.21. The molecule has 0 saturated carbocycles. The number of carbonyl (C=O) groups excluding carboxylic acids is 1. The quantitative estimate of drug-likeness (QED) is 0.794. The number of likely N-dealkylation sites (N-methyl/N-ethyl adjacent to an activating group) is 1. The number of Topliss-reactive ketones (excluding diaryl/α,β-unsaturated/α-hetero) is 1. The van der Waals surface area contributed by atoms with Crippen molar-refractivity contribution < 1.29 is 14.3 Å². The Bertz CT molecular complexity index is 554. The molecule has 1 saturated heterocycles. The van der Waals surface area contributed by atoms with E-state index in [1.54, 1.807) is 14.2 Å². The summed E-state index contributed by atoms with van der Waals surface area (Å²) >= 11 is 3.46. The molecule has 1 fully saturated rings. The van der Waals surface area contributed by atoms with Crippen molar-refractivity contribution in [3.8, 4) is 11.5 Å². The Morgan fingerprint density at radius 2 is 2.05 bits per heavy atom. The number of hydrogen-bond acceptors (Lipinski definition) is 4. The smallest absolute Gasteiger partial charge is 0.174 e. The lowest BCUT2D eigenvalue weighted by molar-refractivity contribution is -0.117. The zero-order chi connectivity index (χ0) is 14.7. The minimum Gasteiger partial charge on any atom is -0.493 e. The maximum atomic E-state index is 11.9. The molecule has 1 heterocycles. The van der Waals surface area contributed by atoms with Gasteiger partial charge in [-0.2, -0.15) is 0 Å². The molecular formula is C15H18BrNO3. The van der Waals surface area contributed by atoms with Gasteiger partial charge < -0.3 is 14.4 Å². The van der Waals surface area contributed by atoms with Gasteiger partial charge in [0.25, 0.3) is 0 Å². The van der Waals surface area contributed by atoms with Crippen LogP contribution >= 0.6 is 15.9 Å². The highest BCUT2D eigenvalue weighted by Crippen LogP contribution is 2.37. The number of nitrogens with zero attached hydrogens (tertiary/aromatic N) is 1. The maximum absolute atomic E-state index is 11.9. The van der Waals surface area contributed by atoms with Crippen LogP contribution in [0.1, 0.15) is 12.0 Å². The summed E-state index contributed by atoms with van der Waals surface area (Å²) in [6, 6.07) is 3.80. The molecule has 108 valence electrons. The van der Waals surface area contributed by atoms with Gasteiger partial charge in [-0.05, 0) is 46.7 Å². The Labute approximate surface area is 127 Å². The molecule has 1 aromatic carbocycles. The molecule has 0 unspecified atom stereocenters. The van der Waals surface area contributed by atoms with Gasteiger partial charge in [-0.25, -0.2) is 0 Å². The number of methoxy groups -OCH3 is 2. The third-order valence-corrected chi connectivity index (χ3v) is 3.90. The zero-order valence-electron chi connectivity index (χ0n) is 11.9. The van der Waals surface area contributed by atoms with Crippen LogP contribution in [0.3, 0.4) is 0 Å². The lowest BCUT2D eigenvalue weighted by Gasteiger charge is -2.23. The molecule has 0 aromatic heterocycles. The number of carbonyl (C=O) groups is 1. The summed E-state index contributed by atoms with van der Waals surface area (Å²) in [6.07, 6.45) is 2.50. The average Bonchev–Trinajstić information content (AvgIpc) is 2.42. The lowest BCUT2D eigenvalue weighted by atomic mass is 10.0. The Hall–Kier alpha value is -1.33. The number of ether oxygens (including phenoxy) is 2. The summed E-state index contributed by atoms with van der Waals surface area (Å²) in [5, 5.41) is 0. The van der Waals surface area contributed by atoms with Gasteiger partial charge in [-0.1, -0.05) is 0 Å². The highest BCUT2D eigenvalue weighted by molar-refractivity contribution is 9.10. The topological polar surface area (TPSA) is 38.8 Å². The van der Waals surface area contributed by atoms with E-state index in [0.717, 1.165) is 22.2 Å². The third kappa shape index (κ3) is 3.22. The van der Waals surface area contributed by atoms with Gasteiger partial charge in [0.15, 0.2) is 17.3 Å². The molecule has 0 N–H and O–H groups in total. The standard InChI is InChI=1S/C15H18BrNO3/c1-17-5-4-13(18)11(9-17)6-10-7-12(16)15(20-3)14(8-10)19-2/h6-8H,4-5,9H2,1-3H3/b11-6+. The normalized spacial score (nSPS) is 18.4. The zero-order valence-corrected chi connectivity index (χ0v) is 13.5. The van der Waals surface area contributed by atoms with Gasteiger partial charge in [0.1, 0.15) is 0 Å². The van der Waals surface area contributed by atoms with Crippen LogP contribution in [-0.4, -0.2) is 45.0 Å². The van der Waals surface area contributed by atoms with E-state index in [1.165, 1.54) is 0 Å². The Kier molecular flexibility index (Phi) is 4.83. The van der Waals surface area contributed by atoms with Crippen LogP contribution in [0.4, 0.5) is 0 Å². The summed E-state index contributed by atoms with van der Waals surface area (Å²) in [5.74, 6) is 1.51. The summed E-state index contributed by atoms with van der Waals surface area (Å²) < 4.78 is 11.4. The number of piperidine rings is 1. The minimum atomic E-state index is 0.217. The molecule has 0 spiro atoms. The molecule has 1 aliphatic heterocycles. The number of likely N-dealkylation sites (tertiary alicyclic amines) is 1. The van der Waals surface area contributed by atoms with Gasteiger partial charge in [-0.15, -0.1) is 0 Å². The van der Waals surface area contributed by atoms with Crippen LogP contribution in [0.2, 0.25) is 0 Å². The number of rotatable bonds is 3. The molecule has 5 heteroatoms. The molecule has 2 rings (SSSR count). The largest absolute Gasteiger partial charge is 0.493 e. The molecule has 0 atom stereocenters. The monoisotopic (exact) mass is 339 g/mol. The van der Waals surface area contributed by atoms with Crippen LogP contribution in [0.15, 0.2) is 22.2 Å². The first-order valence-corrected chi connectivity index (χ1v) is 7.18. The van der Waals surface area contributed by atoms with E-state index in [2.05, 4.69) is 20.8 Å². The number of ketones is 1. The van der Waals surface area contributed by atoms with Crippen molar-refractivity contribution in [1.82, 2.24) is 4.90 Å². The van der Waals surface area contributed by atoms with Crippen LogP contribution in [0.25, 0.3) is 6.08 Å². The Balaban J connectivity index is 2.38. The molecule has 1 aliphatic rings. The molecule has 20 heavy (non-hydrogen) atoms. The SMILES string of the molecule is COc1cc(/C=C2\CN(C)CCC2=O)cc(Br)c1OC. The Morgan fingerprint density at radius 1 is 1.30 bits per heavy atom. The predicted molar refractivity (Wildman–Crippen MR) is 82.3 cm³/mol. The molecule has 4 nitrogen and oxygen atoms in total. The summed E-state index contributed by atoms with van der Waals surface area (Å²) in [5.41, 5.74) is 1.76. The van der Waals surface area contributed by atoms with Crippen LogP contribution < -0.4 is 9.47 Å². The van der Waals surface area contributed by atoms with E-state index < -0.39 is 0 Å². The van der Waals surface area contributed by atoms with Crippen molar-refractivity contribution in [1.29, 1.82) is 0 Å². The van der Waals surface area contributed by atoms with Crippen molar-refractivity contribution in [3.05, 3.63) is 27.7 Å². The fourth-order valence-corrected chi connectivity index (χ4v) is 2.88. The molecule has 0 radical (unpaired) electrons. The van der Waals surface area contributed by atoms with Gasteiger partial charge in [0.05, 0.1) is 18.7 Å². The van der Waals surface area contributed by atoms with E-state index in [9.17, 15) is 4.79 Å². The van der Waals surface area contributed by atoms with E-state index in [0.29, 0.717) is 24.5 Å². The molecule has 1 aromatic rings. The molecule has 0 aliphatic carbocycles. The Morgan fingerprint density at radius 3 is 2.70 bits per heavy atom. The molecule has 0 bridgehead atoms. The van der Waals surface area contributed by atoms with Gasteiger partial charge in [0, 0.05) is 25.1 Å². The van der Waals surface area contributed by atoms with Crippen molar-refractivity contribution in [2.75, 3.05) is 34.4 Å². The fraction of sp³-hybridized carbons (Fsp3) is 0.400. The fourth-order valence-electron chi connectivity index (χ4n) is 2.26. The second kappa shape index (κ2) is 6.41. The number of hydrogen-bond donors (Lipinski definition) is 0. The van der Waals surface area contributed by atoms with E-state index >= 15 is 0 Å². The van der Waals surface area contributed by atoms with Crippen molar-refractivity contribution in [2.45, 2.75) is 6.42 Å².